The Hall–Kier alpha value is -2.74. The molecule has 0 atom stereocenters. The van der Waals surface area contributed by atoms with E-state index in [9.17, 15) is 19.7 Å². The van der Waals surface area contributed by atoms with E-state index < -0.39 is 16.8 Å². The highest BCUT2D eigenvalue weighted by Crippen LogP contribution is 2.21. The molecule has 0 aliphatic heterocycles. The van der Waals surface area contributed by atoms with Crippen LogP contribution in [0.1, 0.15) is 18.1 Å². The van der Waals surface area contributed by atoms with E-state index in [2.05, 4.69) is 10.1 Å². The molecule has 8 heteroatoms. The Morgan fingerprint density at radius 3 is 2.62 bits per heavy atom. The number of hydrogen-bond donors (Lipinski definition) is 2. The minimum Gasteiger partial charge on any atom is -0.464 e. The monoisotopic (exact) mass is 293 g/mol. The first-order valence-electron chi connectivity index (χ1n) is 5.94. The molecule has 0 saturated carbocycles. The number of carbonyl (C=O) groups excluding carboxylic acids is 2. The summed E-state index contributed by atoms with van der Waals surface area (Å²) in [4.78, 5) is 33.0. The molecule has 8 nitrogen and oxygen atoms in total. The minimum absolute atomic E-state index is 0.0237. The maximum Gasteiger partial charge on any atom is 0.354 e. The van der Waals surface area contributed by atoms with E-state index in [1.54, 1.807) is 6.07 Å². The third-order valence-electron chi connectivity index (χ3n) is 2.55. The zero-order chi connectivity index (χ0) is 16.0. The van der Waals surface area contributed by atoms with Crippen LogP contribution in [-0.4, -0.2) is 23.9 Å². The van der Waals surface area contributed by atoms with E-state index in [1.807, 2.05) is 0 Å². The van der Waals surface area contributed by atoms with Crippen molar-refractivity contribution in [3.8, 4) is 0 Å². The molecule has 1 rings (SSSR count). The van der Waals surface area contributed by atoms with Crippen LogP contribution in [0.5, 0.6) is 0 Å². The molecular formula is C13H15N3O5. The molecule has 1 aromatic carbocycles. The van der Waals surface area contributed by atoms with Gasteiger partial charge in [0, 0.05) is 25.1 Å². The summed E-state index contributed by atoms with van der Waals surface area (Å²) in [5.74, 6) is -1.21. The van der Waals surface area contributed by atoms with Gasteiger partial charge in [-0.1, -0.05) is 12.1 Å². The van der Waals surface area contributed by atoms with Crippen LogP contribution in [-0.2, 0) is 20.9 Å². The second kappa shape index (κ2) is 7.15. The van der Waals surface area contributed by atoms with Gasteiger partial charge in [0.2, 0.25) is 5.91 Å². The van der Waals surface area contributed by atoms with E-state index in [0.717, 1.165) is 7.11 Å². The van der Waals surface area contributed by atoms with E-state index in [0.29, 0.717) is 11.1 Å². The number of carbonyl (C=O) groups is 2. The van der Waals surface area contributed by atoms with Gasteiger partial charge in [-0.3, -0.25) is 14.9 Å². The molecule has 3 N–H and O–H groups in total. The molecule has 0 saturated heterocycles. The van der Waals surface area contributed by atoms with Crippen molar-refractivity contribution in [1.82, 2.24) is 5.32 Å². The number of ether oxygens (including phenoxy) is 1. The Kier molecular flexibility index (Phi) is 5.56. The predicted octanol–water partition coefficient (Wildman–Crippen LogP) is 0.703. The van der Waals surface area contributed by atoms with Crippen molar-refractivity contribution in [2.24, 2.45) is 5.73 Å². The molecular weight excluding hydrogens is 278 g/mol. The molecule has 0 aromatic heterocycles. The topological polar surface area (TPSA) is 125 Å². The summed E-state index contributed by atoms with van der Waals surface area (Å²) in [6.45, 7) is 1.26. The lowest BCUT2D eigenvalue weighted by Crippen LogP contribution is -2.25. The molecule has 0 heterocycles. The lowest BCUT2D eigenvalue weighted by atomic mass is 10.1. The van der Waals surface area contributed by atoms with E-state index in [4.69, 9.17) is 5.73 Å². The average Bonchev–Trinajstić information content (AvgIpc) is 2.45. The van der Waals surface area contributed by atoms with E-state index in [1.165, 1.54) is 25.1 Å². The number of rotatable bonds is 5. The SMILES string of the molecule is COC(=O)/C(=C/c1ccc(CN)c([N+](=O)[O-])c1)NC(C)=O. The molecule has 0 radical (unpaired) electrons. The number of nitro groups is 1. The number of nitrogens with one attached hydrogen (secondary N) is 1. The smallest absolute Gasteiger partial charge is 0.354 e. The number of esters is 1. The van der Waals surface area contributed by atoms with Gasteiger partial charge in [0.25, 0.3) is 5.69 Å². The highest BCUT2D eigenvalue weighted by Gasteiger charge is 2.15. The first-order valence-corrected chi connectivity index (χ1v) is 5.94. The Morgan fingerprint density at radius 2 is 2.14 bits per heavy atom. The largest absolute Gasteiger partial charge is 0.464 e. The van der Waals surface area contributed by atoms with Crippen molar-refractivity contribution in [3.05, 3.63) is 45.1 Å². The number of nitrogens with zero attached hydrogens (tertiary/aromatic N) is 1. The maximum atomic E-state index is 11.5. The van der Waals surface area contributed by atoms with E-state index in [-0.39, 0.29) is 17.9 Å². The van der Waals surface area contributed by atoms with Crippen molar-refractivity contribution >= 4 is 23.6 Å². The lowest BCUT2D eigenvalue weighted by molar-refractivity contribution is -0.385. The summed E-state index contributed by atoms with van der Waals surface area (Å²) in [6, 6.07) is 4.32. The van der Waals surface area contributed by atoms with Crippen molar-refractivity contribution in [2.45, 2.75) is 13.5 Å². The van der Waals surface area contributed by atoms with Crippen LogP contribution in [0.15, 0.2) is 23.9 Å². The predicted molar refractivity (Wildman–Crippen MR) is 74.8 cm³/mol. The second-order valence-electron chi connectivity index (χ2n) is 4.08. The summed E-state index contributed by atoms with van der Waals surface area (Å²) in [5.41, 5.74) is 5.90. The fraction of sp³-hybridized carbons (Fsp3) is 0.231. The highest BCUT2D eigenvalue weighted by atomic mass is 16.6. The van der Waals surface area contributed by atoms with Crippen molar-refractivity contribution in [3.63, 3.8) is 0 Å². The second-order valence-corrected chi connectivity index (χ2v) is 4.08. The summed E-state index contributed by atoms with van der Waals surface area (Å²) < 4.78 is 4.53. The maximum absolute atomic E-state index is 11.5. The van der Waals surface area contributed by atoms with Gasteiger partial charge in [-0.25, -0.2) is 4.79 Å². The van der Waals surface area contributed by atoms with E-state index >= 15 is 0 Å². The number of methoxy groups -OCH3 is 1. The van der Waals surface area contributed by atoms with Crippen LogP contribution in [0, 0.1) is 10.1 Å². The van der Waals surface area contributed by atoms with Crippen LogP contribution in [0.2, 0.25) is 0 Å². The van der Waals surface area contributed by atoms with Gasteiger partial charge in [-0.15, -0.1) is 0 Å². The normalized spacial score (nSPS) is 10.9. The van der Waals surface area contributed by atoms with Crippen molar-refractivity contribution in [2.75, 3.05) is 7.11 Å². The summed E-state index contributed by atoms with van der Waals surface area (Å²) >= 11 is 0. The van der Waals surface area contributed by atoms with Gasteiger partial charge in [-0.05, 0) is 11.6 Å². The molecule has 112 valence electrons. The van der Waals surface area contributed by atoms with Crippen LogP contribution < -0.4 is 11.1 Å². The van der Waals surface area contributed by atoms with Crippen LogP contribution in [0.25, 0.3) is 6.08 Å². The number of nitrogens with two attached hydrogens (primary N) is 1. The summed E-state index contributed by atoms with van der Waals surface area (Å²) in [6.07, 6.45) is 1.29. The quantitative estimate of drug-likeness (QED) is 0.356. The first-order chi connectivity index (χ1) is 9.88. The number of hydrogen-bond acceptors (Lipinski definition) is 6. The zero-order valence-electron chi connectivity index (χ0n) is 11.6. The molecule has 0 spiro atoms. The van der Waals surface area contributed by atoms with Gasteiger partial charge in [0.05, 0.1) is 12.0 Å². The Labute approximate surface area is 120 Å². The third-order valence-corrected chi connectivity index (χ3v) is 2.55. The molecule has 0 aliphatic carbocycles. The standard InChI is InChI=1S/C13H15N3O5/c1-8(17)15-11(13(18)21-2)5-9-3-4-10(7-14)12(6-9)16(19)20/h3-6H,7,14H2,1-2H3,(H,15,17)/b11-5-. The van der Waals surface area contributed by atoms with Crippen molar-refractivity contribution < 1.29 is 19.2 Å². The Bertz CT molecular complexity index is 610. The number of nitro benzene ring substituents is 1. The molecule has 0 fully saturated rings. The van der Waals surface area contributed by atoms with Gasteiger partial charge >= 0.3 is 5.97 Å². The molecule has 21 heavy (non-hydrogen) atoms. The zero-order valence-corrected chi connectivity index (χ0v) is 11.6. The average molecular weight is 293 g/mol. The molecule has 0 unspecified atom stereocenters. The number of amides is 1. The fourth-order valence-electron chi connectivity index (χ4n) is 1.63. The third kappa shape index (κ3) is 4.39. The fourth-order valence-corrected chi connectivity index (χ4v) is 1.63. The molecule has 0 aliphatic rings. The Balaban J connectivity index is 3.26. The van der Waals surface area contributed by atoms with Crippen LogP contribution >= 0.6 is 0 Å². The lowest BCUT2D eigenvalue weighted by Gasteiger charge is -2.06. The summed E-state index contributed by atoms with van der Waals surface area (Å²) in [5, 5.41) is 13.3. The summed E-state index contributed by atoms with van der Waals surface area (Å²) in [7, 11) is 1.16. The van der Waals surface area contributed by atoms with Gasteiger partial charge in [0.1, 0.15) is 5.70 Å². The van der Waals surface area contributed by atoms with Gasteiger partial charge in [0.15, 0.2) is 0 Å². The molecule has 1 aromatic rings. The van der Waals surface area contributed by atoms with Crippen LogP contribution in [0.3, 0.4) is 0 Å². The van der Waals surface area contributed by atoms with Gasteiger partial charge in [-0.2, -0.15) is 0 Å². The highest BCUT2D eigenvalue weighted by molar-refractivity contribution is 5.97. The first kappa shape index (κ1) is 16.3. The van der Waals surface area contributed by atoms with Crippen LogP contribution in [0.4, 0.5) is 5.69 Å². The van der Waals surface area contributed by atoms with Crippen molar-refractivity contribution in [1.29, 1.82) is 0 Å². The molecule has 1 amide bonds. The number of benzene rings is 1. The molecule has 0 bridgehead atoms. The Morgan fingerprint density at radius 1 is 1.48 bits per heavy atom. The minimum atomic E-state index is -0.754. The van der Waals surface area contributed by atoms with Gasteiger partial charge < -0.3 is 15.8 Å².